The van der Waals surface area contributed by atoms with Crippen molar-refractivity contribution in [2.45, 2.75) is 29.6 Å². The molecule has 3 aliphatic heterocycles. The summed E-state index contributed by atoms with van der Waals surface area (Å²) in [6, 6.07) is 6.05. The van der Waals surface area contributed by atoms with E-state index < -0.39 is 16.3 Å². The predicted octanol–water partition coefficient (Wildman–Crippen LogP) is -0.560. The zero-order chi connectivity index (χ0) is 20.5. The molecule has 0 saturated carbocycles. The van der Waals surface area contributed by atoms with Gasteiger partial charge in [0.1, 0.15) is 0 Å². The van der Waals surface area contributed by atoms with E-state index in [-0.39, 0.29) is 22.9 Å². The third-order valence-electron chi connectivity index (χ3n) is 5.52. The first-order valence-corrected chi connectivity index (χ1v) is 11.1. The standard InChI is InChI=1S/C18H25N5O5S/c19-17-20-12-18(22-17)4-6-23(7-5-18)16(24)13-2-1-3-14(10-13)29(25,26)21-11-15-27-8-9-28-15/h1-3,10,15,21H,4-9,11-12H2,(H3,19,20,22). The number of piperidine rings is 1. The Morgan fingerprint density at radius 2 is 2.00 bits per heavy atom. The van der Waals surface area contributed by atoms with Crippen LogP contribution >= 0.6 is 0 Å². The van der Waals surface area contributed by atoms with E-state index in [2.05, 4.69) is 15.4 Å². The van der Waals surface area contributed by atoms with Crippen LogP contribution in [0.4, 0.5) is 0 Å². The molecule has 0 radical (unpaired) electrons. The third kappa shape index (κ3) is 4.37. The first-order valence-electron chi connectivity index (χ1n) is 9.60. The van der Waals surface area contributed by atoms with Crippen LogP contribution < -0.4 is 15.4 Å². The molecule has 11 heteroatoms. The van der Waals surface area contributed by atoms with Crippen LogP contribution in [0, 0.1) is 5.41 Å². The lowest BCUT2D eigenvalue weighted by Crippen LogP contribution is -2.53. The molecule has 3 saturated heterocycles. The summed E-state index contributed by atoms with van der Waals surface area (Å²) in [4.78, 5) is 14.7. The maximum atomic E-state index is 12.9. The second-order valence-electron chi connectivity index (χ2n) is 7.48. The third-order valence-corrected chi connectivity index (χ3v) is 6.94. The van der Waals surface area contributed by atoms with Gasteiger partial charge in [-0.25, -0.2) is 13.1 Å². The van der Waals surface area contributed by atoms with Crippen molar-refractivity contribution in [2.24, 2.45) is 0 Å². The lowest BCUT2D eigenvalue weighted by Gasteiger charge is -2.38. The van der Waals surface area contributed by atoms with E-state index in [4.69, 9.17) is 14.9 Å². The summed E-state index contributed by atoms with van der Waals surface area (Å²) < 4.78 is 38.1. The molecule has 4 N–H and O–H groups in total. The average Bonchev–Trinajstić information content (AvgIpc) is 3.37. The molecule has 10 nitrogen and oxygen atoms in total. The van der Waals surface area contributed by atoms with Gasteiger partial charge in [0.25, 0.3) is 5.91 Å². The lowest BCUT2D eigenvalue weighted by atomic mass is 9.88. The van der Waals surface area contributed by atoms with Crippen LogP contribution in [0.2, 0.25) is 0 Å². The van der Waals surface area contributed by atoms with E-state index in [0.29, 0.717) is 44.4 Å². The highest BCUT2D eigenvalue weighted by Crippen LogP contribution is 2.25. The molecule has 0 bridgehead atoms. The number of guanidine groups is 1. The number of carbonyl (C=O) groups excluding carboxylic acids is 1. The van der Waals surface area contributed by atoms with Crippen LogP contribution in [0.3, 0.4) is 0 Å². The average molecular weight is 423 g/mol. The van der Waals surface area contributed by atoms with Gasteiger partial charge >= 0.3 is 0 Å². The van der Waals surface area contributed by atoms with Crippen molar-refractivity contribution < 1.29 is 22.7 Å². The van der Waals surface area contributed by atoms with Gasteiger partial charge in [-0.15, -0.1) is 0 Å². The summed E-state index contributed by atoms with van der Waals surface area (Å²) in [5.41, 5.74) is 0.162. The van der Waals surface area contributed by atoms with E-state index in [9.17, 15) is 13.2 Å². The Morgan fingerprint density at radius 3 is 2.66 bits per heavy atom. The molecule has 0 aromatic heterocycles. The highest BCUT2D eigenvalue weighted by atomic mass is 32.2. The Morgan fingerprint density at radius 1 is 1.28 bits per heavy atom. The molecule has 3 fully saturated rings. The van der Waals surface area contributed by atoms with E-state index >= 15 is 0 Å². The Balaban J connectivity index is 1.40. The molecule has 4 rings (SSSR count). The van der Waals surface area contributed by atoms with E-state index in [1.165, 1.54) is 12.1 Å². The van der Waals surface area contributed by atoms with Crippen molar-refractivity contribution in [1.29, 1.82) is 5.41 Å². The van der Waals surface area contributed by atoms with Crippen molar-refractivity contribution in [2.75, 3.05) is 39.4 Å². The summed E-state index contributed by atoms with van der Waals surface area (Å²) in [6.45, 7) is 2.69. The predicted molar refractivity (Wildman–Crippen MR) is 104 cm³/mol. The lowest BCUT2D eigenvalue weighted by molar-refractivity contribution is -0.0355. The highest BCUT2D eigenvalue weighted by Gasteiger charge is 2.40. The quantitative estimate of drug-likeness (QED) is 0.499. The molecule has 1 amide bonds. The molecular weight excluding hydrogens is 398 g/mol. The Bertz CT molecular complexity index is 892. The number of nitrogens with zero attached hydrogens (tertiary/aromatic N) is 1. The van der Waals surface area contributed by atoms with Crippen molar-refractivity contribution in [3.8, 4) is 0 Å². The number of ether oxygens (including phenoxy) is 2. The molecular formula is C18H25N5O5S. The SMILES string of the molecule is N=C1NCC2(CCN(C(=O)c3cccc(S(=O)(=O)NCC4OCCO4)c3)CC2)N1. The monoisotopic (exact) mass is 423 g/mol. The summed E-state index contributed by atoms with van der Waals surface area (Å²) >= 11 is 0. The molecule has 0 aliphatic carbocycles. The number of sulfonamides is 1. The van der Waals surface area contributed by atoms with Crippen LogP contribution in [-0.4, -0.2) is 76.4 Å². The number of amides is 1. The first kappa shape index (κ1) is 20.1. The Kier molecular flexibility index (Phi) is 5.47. The minimum atomic E-state index is -3.78. The number of rotatable bonds is 5. The number of benzene rings is 1. The summed E-state index contributed by atoms with van der Waals surface area (Å²) in [6.07, 6.45) is 0.875. The molecule has 0 atom stereocenters. The fourth-order valence-corrected chi connectivity index (χ4v) is 4.88. The van der Waals surface area contributed by atoms with Crippen molar-refractivity contribution in [3.05, 3.63) is 29.8 Å². The van der Waals surface area contributed by atoms with Crippen LogP contribution in [0.15, 0.2) is 29.2 Å². The van der Waals surface area contributed by atoms with Gasteiger partial charge in [-0.3, -0.25) is 10.2 Å². The fourth-order valence-electron chi connectivity index (χ4n) is 3.82. The van der Waals surface area contributed by atoms with Crippen LogP contribution in [-0.2, 0) is 19.5 Å². The largest absolute Gasteiger partial charge is 0.354 e. The van der Waals surface area contributed by atoms with Gasteiger partial charge in [-0.1, -0.05) is 6.07 Å². The Labute approximate surface area is 169 Å². The molecule has 3 aliphatic rings. The Hall–Kier alpha value is -2.21. The normalized spacial score (nSPS) is 21.9. The van der Waals surface area contributed by atoms with Gasteiger partial charge in [0.2, 0.25) is 10.0 Å². The second kappa shape index (κ2) is 7.90. The maximum absolute atomic E-state index is 12.9. The van der Waals surface area contributed by atoms with Gasteiger partial charge in [0.15, 0.2) is 12.2 Å². The van der Waals surface area contributed by atoms with Crippen LogP contribution in [0.25, 0.3) is 0 Å². The van der Waals surface area contributed by atoms with E-state index in [0.717, 1.165) is 12.8 Å². The van der Waals surface area contributed by atoms with Gasteiger partial charge in [0.05, 0.1) is 30.2 Å². The van der Waals surface area contributed by atoms with Gasteiger partial charge in [-0.05, 0) is 31.0 Å². The van der Waals surface area contributed by atoms with Gasteiger partial charge < -0.3 is 25.0 Å². The van der Waals surface area contributed by atoms with Gasteiger partial charge in [-0.2, -0.15) is 0 Å². The smallest absolute Gasteiger partial charge is 0.253 e. The second-order valence-corrected chi connectivity index (χ2v) is 9.24. The van der Waals surface area contributed by atoms with Crippen molar-refractivity contribution in [3.63, 3.8) is 0 Å². The summed E-state index contributed by atoms with van der Waals surface area (Å²) in [5.74, 6) is 0.129. The minimum absolute atomic E-state index is 0.0186. The zero-order valence-corrected chi connectivity index (χ0v) is 16.8. The number of hydrogen-bond acceptors (Lipinski definition) is 6. The number of hydrogen-bond donors (Lipinski definition) is 4. The zero-order valence-electron chi connectivity index (χ0n) is 15.9. The molecule has 0 unspecified atom stereocenters. The van der Waals surface area contributed by atoms with Gasteiger partial charge in [0, 0.05) is 25.2 Å². The summed E-state index contributed by atoms with van der Waals surface area (Å²) in [7, 11) is -3.78. The van der Waals surface area contributed by atoms with Crippen molar-refractivity contribution >= 4 is 21.9 Å². The van der Waals surface area contributed by atoms with Crippen LogP contribution in [0.5, 0.6) is 0 Å². The fraction of sp³-hybridized carbons (Fsp3) is 0.556. The van der Waals surface area contributed by atoms with Crippen molar-refractivity contribution in [1.82, 2.24) is 20.3 Å². The number of carbonyl (C=O) groups is 1. The number of likely N-dealkylation sites (tertiary alicyclic amines) is 1. The molecule has 1 aromatic carbocycles. The first-order chi connectivity index (χ1) is 13.9. The van der Waals surface area contributed by atoms with E-state index in [1.807, 2.05) is 0 Å². The topological polar surface area (TPSA) is 133 Å². The molecule has 158 valence electrons. The van der Waals surface area contributed by atoms with E-state index in [1.54, 1.807) is 17.0 Å². The highest BCUT2D eigenvalue weighted by molar-refractivity contribution is 7.89. The molecule has 29 heavy (non-hydrogen) atoms. The molecule has 3 heterocycles. The summed E-state index contributed by atoms with van der Waals surface area (Å²) in [5, 5.41) is 13.8. The number of nitrogens with one attached hydrogen (secondary N) is 4. The van der Waals surface area contributed by atoms with Crippen LogP contribution in [0.1, 0.15) is 23.2 Å². The minimum Gasteiger partial charge on any atom is -0.354 e. The molecule has 1 spiro atoms. The maximum Gasteiger partial charge on any atom is 0.253 e. The molecule has 1 aromatic rings.